The van der Waals surface area contributed by atoms with Crippen LogP contribution in [-0.4, -0.2) is 4.98 Å². The fourth-order valence-electron chi connectivity index (χ4n) is 2.66. The van der Waals surface area contributed by atoms with Gasteiger partial charge in [0.1, 0.15) is 0 Å². The van der Waals surface area contributed by atoms with Crippen molar-refractivity contribution in [3.05, 3.63) is 64.5 Å². The maximum absolute atomic E-state index is 4.07. The Labute approximate surface area is 122 Å². The second kappa shape index (κ2) is 6.19. The second-order valence-electron chi connectivity index (χ2n) is 5.68. The van der Waals surface area contributed by atoms with Crippen molar-refractivity contribution < 1.29 is 0 Å². The van der Waals surface area contributed by atoms with Gasteiger partial charge in [-0.2, -0.15) is 0 Å². The van der Waals surface area contributed by atoms with Crippen molar-refractivity contribution in [2.24, 2.45) is 0 Å². The highest BCUT2D eigenvalue weighted by atomic mass is 14.9. The van der Waals surface area contributed by atoms with Crippen LogP contribution in [0.15, 0.2) is 36.7 Å². The average Bonchev–Trinajstić information content (AvgIpc) is 2.43. The van der Waals surface area contributed by atoms with Crippen LogP contribution in [0.4, 0.5) is 0 Å². The molecule has 0 aliphatic carbocycles. The predicted molar refractivity (Wildman–Crippen MR) is 84.9 cm³/mol. The molecule has 2 atom stereocenters. The number of pyridine rings is 1. The van der Waals surface area contributed by atoms with Gasteiger partial charge < -0.3 is 5.32 Å². The molecule has 0 radical (unpaired) electrons. The molecule has 0 saturated carbocycles. The molecule has 1 aromatic heterocycles. The number of hydrogen-bond donors (Lipinski definition) is 1. The highest BCUT2D eigenvalue weighted by Gasteiger charge is 2.13. The smallest absolute Gasteiger partial charge is 0.0300 e. The van der Waals surface area contributed by atoms with E-state index in [0.29, 0.717) is 12.1 Å². The fourth-order valence-corrected chi connectivity index (χ4v) is 2.66. The molecule has 1 unspecified atom stereocenters. The number of aryl methyl sites for hydroxylation is 3. The quantitative estimate of drug-likeness (QED) is 0.888. The van der Waals surface area contributed by atoms with Crippen LogP contribution in [0.2, 0.25) is 0 Å². The zero-order chi connectivity index (χ0) is 14.7. The van der Waals surface area contributed by atoms with Crippen molar-refractivity contribution in [1.82, 2.24) is 10.3 Å². The van der Waals surface area contributed by atoms with Gasteiger partial charge >= 0.3 is 0 Å². The predicted octanol–water partition coefficient (Wildman–Crippen LogP) is 4.42. The van der Waals surface area contributed by atoms with Crippen molar-refractivity contribution in [2.75, 3.05) is 0 Å². The van der Waals surface area contributed by atoms with Crippen LogP contribution < -0.4 is 5.32 Å². The summed E-state index contributed by atoms with van der Waals surface area (Å²) in [6.45, 7) is 11.0. The van der Waals surface area contributed by atoms with E-state index in [1.165, 1.54) is 27.8 Å². The Balaban J connectivity index is 2.16. The molecular weight excluding hydrogens is 244 g/mol. The summed E-state index contributed by atoms with van der Waals surface area (Å²) in [5.74, 6) is 0. The van der Waals surface area contributed by atoms with Crippen molar-refractivity contribution in [3.63, 3.8) is 0 Å². The lowest BCUT2D eigenvalue weighted by atomic mass is 9.96. The summed E-state index contributed by atoms with van der Waals surface area (Å²) in [7, 11) is 0. The molecule has 0 aliphatic rings. The first-order valence-electron chi connectivity index (χ1n) is 7.22. The molecule has 2 rings (SSSR count). The Morgan fingerprint density at radius 3 is 2.10 bits per heavy atom. The van der Waals surface area contributed by atoms with Gasteiger partial charge in [-0.3, -0.25) is 4.98 Å². The molecule has 0 aliphatic heterocycles. The summed E-state index contributed by atoms with van der Waals surface area (Å²) < 4.78 is 0. The third-order valence-corrected chi connectivity index (χ3v) is 4.05. The van der Waals surface area contributed by atoms with E-state index in [1.54, 1.807) is 0 Å². The molecule has 1 aromatic carbocycles. The van der Waals surface area contributed by atoms with Gasteiger partial charge in [-0.05, 0) is 74.6 Å². The summed E-state index contributed by atoms with van der Waals surface area (Å²) in [6.07, 6.45) is 3.69. The topological polar surface area (TPSA) is 24.9 Å². The van der Waals surface area contributed by atoms with Gasteiger partial charge in [0.2, 0.25) is 0 Å². The number of rotatable bonds is 4. The molecule has 2 nitrogen and oxygen atoms in total. The normalized spacial score (nSPS) is 14.1. The van der Waals surface area contributed by atoms with Crippen molar-refractivity contribution in [1.29, 1.82) is 0 Å². The van der Waals surface area contributed by atoms with E-state index < -0.39 is 0 Å². The van der Waals surface area contributed by atoms with Crippen LogP contribution in [0.1, 0.15) is 53.7 Å². The van der Waals surface area contributed by atoms with Crippen molar-refractivity contribution in [2.45, 2.75) is 46.7 Å². The molecular formula is C18H24N2. The summed E-state index contributed by atoms with van der Waals surface area (Å²) in [6, 6.07) is 9.36. The Bertz CT molecular complexity index is 575. The van der Waals surface area contributed by atoms with Crippen LogP contribution >= 0.6 is 0 Å². The summed E-state index contributed by atoms with van der Waals surface area (Å²) in [5.41, 5.74) is 6.73. The molecule has 2 heteroatoms. The molecule has 106 valence electrons. The van der Waals surface area contributed by atoms with Crippen LogP contribution in [0, 0.1) is 20.8 Å². The zero-order valence-corrected chi connectivity index (χ0v) is 13.1. The lowest BCUT2D eigenvalue weighted by Gasteiger charge is -2.23. The highest BCUT2D eigenvalue weighted by molar-refractivity contribution is 5.38. The van der Waals surface area contributed by atoms with Gasteiger partial charge in [0.25, 0.3) is 0 Å². The van der Waals surface area contributed by atoms with E-state index in [-0.39, 0.29) is 0 Å². The molecule has 1 N–H and O–H groups in total. The maximum Gasteiger partial charge on any atom is 0.0300 e. The van der Waals surface area contributed by atoms with E-state index in [4.69, 9.17) is 0 Å². The van der Waals surface area contributed by atoms with E-state index >= 15 is 0 Å². The van der Waals surface area contributed by atoms with Crippen LogP contribution in [0.5, 0.6) is 0 Å². The SMILES string of the molecule is Cc1cc(C)c(C(C)N[C@H](C)c2ccncc2)cc1C. The number of hydrogen-bond acceptors (Lipinski definition) is 2. The molecule has 0 bridgehead atoms. The van der Waals surface area contributed by atoms with Crippen LogP contribution in [0.3, 0.4) is 0 Å². The number of nitrogens with zero attached hydrogens (tertiary/aromatic N) is 1. The Hall–Kier alpha value is -1.67. The van der Waals surface area contributed by atoms with E-state index in [0.717, 1.165) is 0 Å². The zero-order valence-electron chi connectivity index (χ0n) is 13.1. The minimum atomic E-state index is 0.314. The van der Waals surface area contributed by atoms with Gasteiger partial charge in [-0.15, -0.1) is 0 Å². The molecule has 0 saturated heterocycles. The van der Waals surface area contributed by atoms with Gasteiger partial charge in [0.15, 0.2) is 0 Å². The van der Waals surface area contributed by atoms with E-state index in [2.05, 4.69) is 69.2 Å². The summed E-state index contributed by atoms with van der Waals surface area (Å²) in [5, 5.41) is 3.67. The lowest BCUT2D eigenvalue weighted by molar-refractivity contribution is 0.492. The fraction of sp³-hybridized carbons (Fsp3) is 0.389. The van der Waals surface area contributed by atoms with E-state index in [1.807, 2.05) is 12.4 Å². The largest absolute Gasteiger partial charge is 0.304 e. The minimum absolute atomic E-state index is 0.314. The Kier molecular flexibility index (Phi) is 4.56. The maximum atomic E-state index is 4.07. The molecule has 0 fully saturated rings. The molecule has 20 heavy (non-hydrogen) atoms. The minimum Gasteiger partial charge on any atom is -0.304 e. The average molecular weight is 268 g/mol. The highest BCUT2D eigenvalue weighted by Crippen LogP contribution is 2.24. The van der Waals surface area contributed by atoms with Crippen LogP contribution in [-0.2, 0) is 0 Å². The molecule has 1 heterocycles. The molecule has 0 amide bonds. The monoisotopic (exact) mass is 268 g/mol. The third-order valence-electron chi connectivity index (χ3n) is 4.05. The van der Waals surface area contributed by atoms with Crippen molar-refractivity contribution >= 4 is 0 Å². The van der Waals surface area contributed by atoms with Gasteiger partial charge in [0.05, 0.1) is 0 Å². The first-order valence-corrected chi connectivity index (χ1v) is 7.22. The second-order valence-corrected chi connectivity index (χ2v) is 5.68. The first kappa shape index (κ1) is 14.7. The lowest BCUT2D eigenvalue weighted by Crippen LogP contribution is -2.23. The number of nitrogens with one attached hydrogen (secondary N) is 1. The van der Waals surface area contributed by atoms with Gasteiger partial charge in [-0.25, -0.2) is 0 Å². The van der Waals surface area contributed by atoms with Crippen molar-refractivity contribution in [3.8, 4) is 0 Å². The Morgan fingerprint density at radius 1 is 0.850 bits per heavy atom. The van der Waals surface area contributed by atoms with Crippen LogP contribution in [0.25, 0.3) is 0 Å². The number of benzene rings is 1. The van der Waals surface area contributed by atoms with E-state index in [9.17, 15) is 0 Å². The standard InChI is InChI=1S/C18H24N2/c1-12-10-14(3)18(11-13(12)2)16(5)20-15(4)17-6-8-19-9-7-17/h6-11,15-16,20H,1-5H3/t15-,16?/m1/s1. The number of aromatic nitrogens is 1. The van der Waals surface area contributed by atoms with Gasteiger partial charge in [0, 0.05) is 24.5 Å². The first-order chi connectivity index (χ1) is 9.49. The summed E-state index contributed by atoms with van der Waals surface area (Å²) >= 11 is 0. The summed E-state index contributed by atoms with van der Waals surface area (Å²) in [4.78, 5) is 4.07. The molecule has 0 spiro atoms. The molecule has 2 aromatic rings. The van der Waals surface area contributed by atoms with Gasteiger partial charge in [-0.1, -0.05) is 12.1 Å². The Morgan fingerprint density at radius 2 is 1.45 bits per heavy atom. The third kappa shape index (κ3) is 3.26.